The highest BCUT2D eigenvalue weighted by atomic mass is 19.4. The van der Waals surface area contributed by atoms with E-state index in [1.54, 1.807) is 12.1 Å². The molecular formula is C15H20F3N2. The maximum atomic E-state index is 13.0. The van der Waals surface area contributed by atoms with Crippen LogP contribution in [0.5, 0.6) is 0 Å². The second-order valence-electron chi connectivity index (χ2n) is 5.05. The Balaban J connectivity index is 2.04. The van der Waals surface area contributed by atoms with Crippen LogP contribution in [0.3, 0.4) is 0 Å². The maximum absolute atomic E-state index is 13.0. The number of benzene rings is 1. The van der Waals surface area contributed by atoms with Crippen molar-refractivity contribution < 1.29 is 13.2 Å². The average molecular weight is 285 g/mol. The molecule has 1 aromatic carbocycles. The molecule has 0 atom stereocenters. The number of hydrogen-bond acceptors (Lipinski definition) is 2. The molecule has 2 nitrogen and oxygen atoms in total. The fraction of sp³-hybridized carbons (Fsp3) is 0.533. The highest BCUT2D eigenvalue weighted by Crippen LogP contribution is 2.36. The van der Waals surface area contributed by atoms with Gasteiger partial charge >= 0.3 is 6.18 Å². The number of nitrogens with zero attached hydrogens (tertiary/aromatic N) is 2. The predicted molar refractivity (Wildman–Crippen MR) is 74.7 cm³/mol. The molecule has 2 rings (SSSR count). The van der Waals surface area contributed by atoms with Gasteiger partial charge in [0.05, 0.1) is 5.56 Å². The summed E-state index contributed by atoms with van der Waals surface area (Å²) in [5.41, 5.74) is -0.233. The molecule has 0 amide bonds. The largest absolute Gasteiger partial charge is 0.418 e. The van der Waals surface area contributed by atoms with Crippen molar-refractivity contribution in [2.45, 2.75) is 19.0 Å². The molecule has 0 spiro atoms. The molecule has 0 aromatic heterocycles. The van der Waals surface area contributed by atoms with Crippen molar-refractivity contribution in [1.29, 1.82) is 0 Å². The molecule has 1 aromatic rings. The van der Waals surface area contributed by atoms with Gasteiger partial charge in [0.2, 0.25) is 0 Å². The van der Waals surface area contributed by atoms with Crippen LogP contribution in [0.15, 0.2) is 24.3 Å². The molecule has 0 N–H and O–H groups in total. The van der Waals surface area contributed by atoms with Crippen molar-refractivity contribution in [2.24, 2.45) is 0 Å². The first kappa shape index (κ1) is 15.2. The first-order chi connectivity index (χ1) is 9.52. The second-order valence-corrected chi connectivity index (χ2v) is 5.05. The molecule has 1 fully saturated rings. The highest BCUT2D eigenvalue weighted by molar-refractivity contribution is 5.55. The third kappa shape index (κ3) is 3.66. The third-order valence-corrected chi connectivity index (χ3v) is 3.65. The Morgan fingerprint density at radius 1 is 1.05 bits per heavy atom. The van der Waals surface area contributed by atoms with E-state index in [1.165, 1.54) is 6.07 Å². The van der Waals surface area contributed by atoms with Crippen LogP contribution >= 0.6 is 0 Å². The van der Waals surface area contributed by atoms with Crippen LogP contribution in [0.2, 0.25) is 0 Å². The van der Waals surface area contributed by atoms with E-state index in [1.807, 2.05) is 4.90 Å². The standard InChI is InChI=1S/C15H20F3N2/c1-2-3-8-19-9-11-20(12-10-19)14-7-5-4-6-13(14)15(16,17)18/h4-7H,1-3,8-12H2. The SMILES string of the molecule is [CH2]CCCN1CCN(c2ccccc2C(F)(F)F)CC1. The summed E-state index contributed by atoms with van der Waals surface area (Å²) in [6.45, 7) is 7.70. The average Bonchev–Trinajstić information content (AvgIpc) is 2.45. The Bertz CT molecular complexity index is 423. The van der Waals surface area contributed by atoms with Crippen molar-refractivity contribution in [3.63, 3.8) is 0 Å². The molecule has 0 aliphatic carbocycles. The van der Waals surface area contributed by atoms with Crippen molar-refractivity contribution in [2.75, 3.05) is 37.6 Å². The van der Waals surface area contributed by atoms with Gasteiger partial charge in [-0.25, -0.2) is 0 Å². The van der Waals surface area contributed by atoms with E-state index in [-0.39, 0.29) is 0 Å². The number of halogens is 3. The third-order valence-electron chi connectivity index (χ3n) is 3.65. The summed E-state index contributed by atoms with van der Waals surface area (Å²) < 4.78 is 39.0. The van der Waals surface area contributed by atoms with E-state index in [2.05, 4.69) is 11.8 Å². The lowest BCUT2D eigenvalue weighted by molar-refractivity contribution is -0.137. The Hall–Kier alpha value is -1.23. The monoisotopic (exact) mass is 285 g/mol. The summed E-state index contributed by atoms with van der Waals surface area (Å²) in [5, 5.41) is 0. The molecule has 1 aliphatic heterocycles. The lowest BCUT2D eigenvalue weighted by atomic mass is 10.1. The minimum Gasteiger partial charge on any atom is -0.368 e. The molecule has 1 saturated heterocycles. The zero-order valence-electron chi connectivity index (χ0n) is 11.5. The maximum Gasteiger partial charge on any atom is 0.418 e. The number of para-hydroxylation sites is 1. The number of rotatable bonds is 4. The predicted octanol–water partition coefficient (Wildman–Crippen LogP) is 3.44. The summed E-state index contributed by atoms with van der Waals surface area (Å²) in [6.07, 6.45) is -2.35. The van der Waals surface area contributed by atoms with Crippen LogP contribution in [-0.2, 0) is 6.18 Å². The molecular weight excluding hydrogens is 265 g/mol. The Kier molecular flexibility index (Phi) is 4.91. The summed E-state index contributed by atoms with van der Waals surface area (Å²) in [4.78, 5) is 4.13. The van der Waals surface area contributed by atoms with Gasteiger partial charge in [-0.05, 0) is 25.1 Å². The number of alkyl halides is 3. The summed E-state index contributed by atoms with van der Waals surface area (Å²) >= 11 is 0. The van der Waals surface area contributed by atoms with E-state index in [0.29, 0.717) is 18.8 Å². The van der Waals surface area contributed by atoms with Gasteiger partial charge in [-0.1, -0.05) is 25.5 Å². The Morgan fingerprint density at radius 2 is 1.70 bits per heavy atom. The molecule has 0 unspecified atom stereocenters. The molecule has 0 bridgehead atoms. The fourth-order valence-electron chi connectivity index (χ4n) is 2.54. The van der Waals surface area contributed by atoms with E-state index >= 15 is 0 Å². The van der Waals surface area contributed by atoms with E-state index in [4.69, 9.17) is 0 Å². The summed E-state index contributed by atoms with van der Waals surface area (Å²) in [5.74, 6) is 0. The van der Waals surface area contributed by atoms with Gasteiger partial charge in [0.15, 0.2) is 0 Å². The minimum atomic E-state index is -4.29. The zero-order valence-corrected chi connectivity index (χ0v) is 11.5. The van der Waals surface area contributed by atoms with Crippen LogP contribution in [0.1, 0.15) is 18.4 Å². The quantitative estimate of drug-likeness (QED) is 0.836. The number of unbranched alkanes of at least 4 members (excludes halogenated alkanes) is 1. The van der Waals surface area contributed by atoms with Gasteiger partial charge in [0, 0.05) is 31.9 Å². The van der Waals surface area contributed by atoms with E-state index in [9.17, 15) is 13.2 Å². The summed E-state index contributed by atoms with van der Waals surface area (Å²) in [7, 11) is 0. The second kappa shape index (κ2) is 6.48. The van der Waals surface area contributed by atoms with Crippen molar-refractivity contribution in [1.82, 2.24) is 4.90 Å². The van der Waals surface area contributed by atoms with Crippen LogP contribution in [0, 0.1) is 6.92 Å². The van der Waals surface area contributed by atoms with E-state index < -0.39 is 11.7 Å². The molecule has 1 aliphatic rings. The fourth-order valence-corrected chi connectivity index (χ4v) is 2.54. The highest BCUT2D eigenvalue weighted by Gasteiger charge is 2.35. The lowest BCUT2D eigenvalue weighted by Crippen LogP contribution is -2.47. The smallest absolute Gasteiger partial charge is 0.368 e. The minimum absolute atomic E-state index is 0.303. The Labute approximate surface area is 118 Å². The lowest BCUT2D eigenvalue weighted by Gasteiger charge is -2.37. The van der Waals surface area contributed by atoms with Crippen molar-refractivity contribution >= 4 is 5.69 Å². The first-order valence-corrected chi connectivity index (χ1v) is 6.95. The summed E-state index contributed by atoms with van der Waals surface area (Å²) in [6, 6.07) is 5.83. The van der Waals surface area contributed by atoms with Gasteiger partial charge in [-0.2, -0.15) is 13.2 Å². The molecule has 0 saturated carbocycles. The molecule has 111 valence electrons. The van der Waals surface area contributed by atoms with Gasteiger partial charge in [0.1, 0.15) is 0 Å². The molecule has 5 heteroatoms. The Morgan fingerprint density at radius 3 is 2.30 bits per heavy atom. The number of hydrogen-bond donors (Lipinski definition) is 0. The molecule has 20 heavy (non-hydrogen) atoms. The molecule has 1 heterocycles. The molecule has 1 radical (unpaired) electrons. The number of piperazine rings is 1. The number of anilines is 1. The zero-order chi connectivity index (χ0) is 14.6. The first-order valence-electron chi connectivity index (χ1n) is 6.95. The van der Waals surface area contributed by atoms with Gasteiger partial charge in [-0.3, -0.25) is 4.90 Å². The van der Waals surface area contributed by atoms with E-state index in [0.717, 1.165) is 38.5 Å². The van der Waals surface area contributed by atoms with Gasteiger partial charge in [0.25, 0.3) is 0 Å². The van der Waals surface area contributed by atoms with Crippen LogP contribution in [-0.4, -0.2) is 37.6 Å². The van der Waals surface area contributed by atoms with Crippen LogP contribution < -0.4 is 4.90 Å². The topological polar surface area (TPSA) is 6.48 Å². The van der Waals surface area contributed by atoms with Crippen molar-refractivity contribution in [3.8, 4) is 0 Å². The van der Waals surface area contributed by atoms with Crippen LogP contribution in [0.4, 0.5) is 18.9 Å². The van der Waals surface area contributed by atoms with Crippen LogP contribution in [0.25, 0.3) is 0 Å². The van der Waals surface area contributed by atoms with Gasteiger partial charge in [-0.15, -0.1) is 0 Å². The van der Waals surface area contributed by atoms with Gasteiger partial charge < -0.3 is 4.90 Å². The van der Waals surface area contributed by atoms with Crippen molar-refractivity contribution in [3.05, 3.63) is 36.8 Å². The normalized spacial score (nSPS) is 17.5.